The molecule has 0 aliphatic heterocycles. The molecule has 2 bridgehead atoms. The summed E-state index contributed by atoms with van der Waals surface area (Å²) in [6.07, 6.45) is 6.15. The summed E-state index contributed by atoms with van der Waals surface area (Å²) in [5.74, 6) is 1.92. The predicted molar refractivity (Wildman–Crippen MR) is 101 cm³/mol. The monoisotopic (exact) mass is 365 g/mol. The number of hydrogen-bond donors (Lipinski definition) is 3. The van der Waals surface area contributed by atoms with Crippen LogP contribution in [-0.2, 0) is 4.79 Å². The highest BCUT2D eigenvalue weighted by Gasteiger charge is 2.39. The average Bonchev–Trinajstić information content (AvgIpc) is 2.56. The van der Waals surface area contributed by atoms with E-state index in [1.807, 2.05) is 12.1 Å². The number of benzene rings is 1. The van der Waals surface area contributed by atoms with Crippen molar-refractivity contribution in [1.82, 2.24) is 5.32 Å². The third-order valence-corrected chi connectivity index (χ3v) is 5.77. The third kappa shape index (κ3) is 4.59. The largest absolute Gasteiger partial charge is 0.495 e. The molecule has 1 aromatic carbocycles. The molecule has 2 saturated carbocycles. The van der Waals surface area contributed by atoms with Crippen molar-refractivity contribution >= 4 is 23.2 Å². The van der Waals surface area contributed by atoms with E-state index in [-0.39, 0.29) is 5.91 Å². The van der Waals surface area contributed by atoms with Gasteiger partial charge in [-0.25, -0.2) is 0 Å². The number of carbonyl (C=O) groups excluding carboxylic acids is 1. The minimum Gasteiger partial charge on any atom is -0.495 e. The maximum absolute atomic E-state index is 12.4. The summed E-state index contributed by atoms with van der Waals surface area (Å²) in [6, 6.07) is 6.02. The second-order valence-electron chi connectivity index (χ2n) is 7.30. The van der Waals surface area contributed by atoms with E-state index < -0.39 is 0 Å². The summed E-state index contributed by atoms with van der Waals surface area (Å²) >= 11 is 6.03. The van der Waals surface area contributed by atoms with E-state index in [9.17, 15) is 4.79 Å². The molecule has 25 heavy (non-hydrogen) atoms. The standard InChI is InChI=1S/C19H28ClN3O2/c1-25-17-6-5-14(20)11-16(17)22-8-7-18(24)23-19-12-3-2-4-13(19)10-15(21)9-12/h5-6,11-13,15,19,22H,2-4,7-10,21H2,1H3,(H,23,24). The van der Waals surface area contributed by atoms with Crippen LogP contribution in [0.15, 0.2) is 18.2 Å². The Hall–Kier alpha value is -1.46. The van der Waals surface area contributed by atoms with E-state index in [1.165, 1.54) is 19.3 Å². The zero-order chi connectivity index (χ0) is 17.8. The summed E-state index contributed by atoms with van der Waals surface area (Å²) in [6.45, 7) is 0.546. The topological polar surface area (TPSA) is 76.4 Å². The number of carbonyl (C=O) groups is 1. The van der Waals surface area contributed by atoms with Crippen LogP contribution >= 0.6 is 11.6 Å². The number of ether oxygens (including phenoxy) is 1. The zero-order valence-electron chi connectivity index (χ0n) is 14.8. The fraction of sp³-hybridized carbons (Fsp3) is 0.632. The van der Waals surface area contributed by atoms with Gasteiger partial charge in [0.25, 0.3) is 0 Å². The highest BCUT2D eigenvalue weighted by molar-refractivity contribution is 6.30. The van der Waals surface area contributed by atoms with Crippen molar-refractivity contribution in [2.75, 3.05) is 19.0 Å². The highest BCUT2D eigenvalue weighted by Crippen LogP contribution is 2.39. The number of methoxy groups -OCH3 is 1. The van der Waals surface area contributed by atoms with Crippen molar-refractivity contribution in [3.63, 3.8) is 0 Å². The number of nitrogens with two attached hydrogens (primary N) is 1. The van der Waals surface area contributed by atoms with Gasteiger partial charge in [0.1, 0.15) is 5.75 Å². The average molecular weight is 366 g/mol. The first-order chi connectivity index (χ1) is 12.1. The van der Waals surface area contributed by atoms with Crippen LogP contribution in [0.5, 0.6) is 5.75 Å². The Morgan fingerprint density at radius 2 is 2.04 bits per heavy atom. The molecule has 0 aromatic heterocycles. The summed E-state index contributed by atoms with van der Waals surface area (Å²) in [4.78, 5) is 12.4. The van der Waals surface area contributed by atoms with E-state index in [4.69, 9.17) is 22.1 Å². The molecule has 0 saturated heterocycles. The van der Waals surface area contributed by atoms with Gasteiger partial charge in [0.05, 0.1) is 12.8 Å². The summed E-state index contributed by atoms with van der Waals surface area (Å²) in [5.41, 5.74) is 6.97. The molecule has 3 rings (SSSR count). The van der Waals surface area contributed by atoms with Crippen LogP contribution in [0.1, 0.15) is 38.5 Å². The van der Waals surface area contributed by atoms with Crippen LogP contribution in [0.25, 0.3) is 0 Å². The van der Waals surface area contributed by atoms with Crippen molar-refractivity contribution in [1.29, 1.82) is 0 Å². The van der Waals surface area contributed by atoms with E-state index in [1.54, 1.807) is 13.2 Å². The third-order valence-electron chi connectivity index (χ3n) is 5.53. The number of fused-ring (bicyclic) bond motifs is 2. The van der Waals surface area contributed by atoms with Crippen LogP contribution in [0.2, 0.25) is 5.02 Å². The summed E-state index contributed by atoms with van der Waals surface area (Å²) in [7, 11) is 1.62. The molecular weight excluding hydrogens is 338 g/mol. The lowest BCUT2D eigenvalue weighted by Gasteiger charge is -2.45. The van der Waals surface area contributed by atoms with Gasteiger partial charge in [0, 0.05) is 30.1 Å². The Morgan fingerprint density at radius 3 is 2.72 bits per heavy atom. The van der Waals surface area contributed by atoms with Gasteiger partial charge in [-0.1, -0.05) is 18.0 Å². The lowest BCUT2D eigenvalue weighted by molar-refractivity contribution is -0.123. The first-order valence-corrected chi connectivity index (χ1v) is 9.57. The van der Waals surface area contributed by atoms with Gasteiger partial charge in [-0.2, -0.15) is 0 Å². The van der Waals surface area contributed by atoms with Gasteiger partial charge in [-0.15, -0.1) is 0 Å². The molecule has 0 radical (unpaired) electrons. The molecule has 0 spiro atoms. The van der Waals surface area contributed by atoms with Crippen molar-refractivity contribution < 1.29 is 9.53 Å². The van der Waals surface area contributed by atoms with Gasteiger partial charge in [-0.3, -0.25) is 4.79 Å². The Morgan fingerprint density at radius 1 is 1.32 bits per heavy atom. The molecule has 2 atom stereocenters. The smallest absolute Gasteiger partial charge is 0.222 e. The fourth-order valence-corrected chi connectivity index (χ4v) is 4.58. The molecule has 138 valence electrons. The second kappa shape index (κ2) is 8.28. The van der Waals surface area contributed by atoms with Crippen molar-refractivity contribution in [3.05, 3.63) is 23.2 Å². The number of halogens is 1. The summed E-state index contributed by atoms with van der Waals surface area (Å²) in [5, 5.41) is 7.15. The van der Waals surface area contributed by atoms with Gasteiger partial charge in [0.2, 0.25) is 5.91 Å². The fourth-order valence-electron chi connectivity index (χ4n) is 4.41. The molecule has 1 amide bonds. The highest BCUT2D eigenvalue weighted by atomic mass is 35.5. The molecule has 6 heteroatoms. The van der Waals surface area contributed by atoms with Crippen LogP contribution in [0.3, 0.4) is 0 Å². The SMILES string of the molecule is COc1ccc(Cl)cc1NCCC(=O)NC1C2CCCC1CC(N)C2. The normalized spacial score (nSPS) is 28.3. The number of amides is 1. The molecule has 4 N–H and O–H groups in total. The van der Waals surface area contributed by atoms with Gasteiger partial charge >= 0.3 is 0 Å². The molecule has 0 heterocycles. The minimum absolute atomic E-state index is 0.103. The molecular formula is C19H28ClN3O2. The Balaban J connectivity index is 1.49. The van der Waals surface area contributed by atoms with Gasteiger partial charge < -0.3 is 21.1 Å². The number of anilines is 1. The van der Waals surface area contributed by atoms with Crippen LogP contribution in [-0.4, -0.2) is 31.6 Å². The maximum atomic E-state index is 12.4. The zero-order valence-corrected chi connectivity index (χ0v) is 15.5. The van der Waals surface area contributed by atoms with Gasteiger partial charge in [-0.05, 0) is 55.7 Å². The molecule has 5 nitrogen and oxygen atoms in total. The van der Waals surface area contributed by atoms with Crippen molar-refractivity contribution in [3.8, 4) is 5.75 Å². The van der Waals surface area contributed by atoms with Crippen molar-refractivity contribution in [2.24, 2.45) is 17.6 Å². The Labute approximate surface area is 154 Å². The molecule has 2 aliphatic rings. The number of rotatable bonds is 6. The minimum atomic E-state index is 0.103. The molecule has 2 aliphatic carbocycles. The number of nitrogens with one attached hydrogen (secondary N) is 2. The lowest BCUT2D eigenvalue weighted by atomic mass is 9.67. The van der Waals surface area contributed by atoms with Crippen LogP contribution < -0.4 is 21.1 Å². The Bertz CT molecular complexity index is 596. The lowest BCUT2D eigenvalue weighted by Crippen LogP contribution is -2.53. The Kier molecular flexibility index (Phi) is 6.07. The first-order valence-electron chi connectivity index (χ1n) is 9.19. The van der Waals surface area contributed by atoms with E-state index >= 15 is 0 Å². The number of hydrogen-bond acceptors (Lipinski definition) is 4. The van der Waals surface area contributed by atoms with E-state index in [0.717, 1.165) is 24.3 Å². The maximum Gasteiger partial charge on any atom is 0.222 e. The van der Waals surface area contributed by atoms with Crippen molar-refractivity contribution in [2.45, 2.75) is 50.6 Å². The first kappa shape index (κ1) is 18.3. The quantitative estimate of drug-likeness (QED) is 0.723. The molecule has 2 fully saturated rings. The summed E-state index contributed by atoms with van der Waals surface area (Å²) < 4.78 is 5.31. The van der Waals surface area contributed by atoms with Crippen LogP contribution in [0.4, 0.5) is 5.69 Å². The second-order valence-corrected chi connectivity index (χ2v) is 7.73. The molecule has 1 aromatic rings. The predicted octanol–water partition coefficient (Wildman–Crippen LogP) is 3.17. The van der Waals surface area contributed by atoms with Crippen LogP contribution in [0, 0.1) is 11.8 Å². The van der Waals surface area contributed by atoms with Gasteiger partial charge in [0.15, 0.2) is 0 Å². The van der Waals surface area contributed by atoms with E-state index in [2.05, 4.69) is 10.6 Å². The van der Waals surface area contributed by atoms with E-state index in [0.29, 0.717) is 41.9 Å². The molecule has 2 unspecified atom stereocenters.